The summed E-state index contributed by atoms with van der Waals surface area (Å²) < 4.78 is 0. The molecule has 0 bridgehead atoms. The van der Waals surface area contributed by atoms with Crippen molar-refractivity contribution in [2.24, 2.45) is 5.73 Å². The number of hydrogen-bond acceptors (Lipinski definition) is 3. The molecule has 0 fully saturated rings. The number of benzene rings is 1. The van der Waals surface area contributed by atoms with Gasteiger partial charge in [-0.05, 0) is 30.7 Å². The smallest absolute Gasteiger partial charge is 0.0595 e. The number of nitrogens with two attached hydrogens (primary N) is 1. The van der Waals surface area contributed by atoms with Crippen molar-refractivity contribution in [2.45, 2.75) is 12.5 Å². The largest absolute Gasteiger partial charge is 0.395 e. The fourth-order valence-corrected chi connectivity index (χ4v) is 1.60. The van der Waals surface area contributed by atoms with Crippen molar-refractivity contribution in [1.82, 2.24) is 5.32 Å². The molecule has 0 aromatic heterocycles. The zero-order valence-electron chi connectivity index (χ0n) is 8.92. The average molecular weight is 263 g/mol. The SMILES string of the molecule is NC(CO)CNCCc1ccc(Cl)c(Cl)c1. The van der Waals surface area contributed by atoms with E-state index in [-0.39, 0.29) is 12.6 Å². The molecule has 5 heteroatoms. The predicted molar refractivity (Wildman–Crippen MR) is 68.1 cm³/mol. The predicted octanol–water partition coefficient (Wildman–Crippen LogP) is 1.45. The number of aliphatic hydroxyl groups is 1. The number of halogens is 2. The van der Waals surface area contributed by atoms with Gasteiger partial charge in [-0.3, -0.25) is 0 Å². The van der Waals surface area contributed by atoms with E-state index in [1.807, 2.05) is 12.1 Å². The van der Waals surface area contributed by atoms with E-state index in [1.54, 1.807) is 6.07 Å². The summed E-state index contributed by atoms with van der Waals surface area (Å²) in [6.07, 6.45) is 0.856. The van der Waals surface area contributed by atoms with Crippen LogP contribution in [0.5, 0.6) is 0 Å². The normalized spacial score (nSPS) is 12.8. The molecule has 1 aromatic carbocycles. The maximum Gasteiger partial charge on any atom is 0.0595 e. The summed E-state index contributed by atoms with van der Waals surface area (Å²) in [7, 11) is 0. The van der Waals surface area contributed by atoms with Crippen LogP contribution in [0.15, 0.2) is 18.2 Å². The maximum atomic E-state index is 8.72. The first-order valence-electron chi connectivity index (χ1n) is 5.14. The van der Waals surface area contributed by atoms with E-state index in [0.717, 1.165) is 18.5 Å². The molecule has 1 atom stereocenters. The molecule has 90 valence electrons. The highest BCUT2D eigenvalue weighted by Gasteiger charge is 2.01. The van der Waals surface area contributed by atoms with Crippen LogP contribution in [-0.4, -0.2) is 30.8 Å². The summed E-state index contributed by atoms with van der Waals surface area (Å²) in [4.78, 5) is 0. The average Bonchev–Trinajstić information content (AvgIpc) is 2.28. The van der Waals surface area contributed by atoms with Crippen LogP contribution in [-0.2, 0) is 6.42 Å². The van der Waals surface area contributed by atoms with Crippen molar-refractivity contribution in [3.05, 3.63) is 33.8 Å². The van der Waals surface area contributed by atoms with Gasteiger partial charge >= 0.3 is 0 Å². The molecule has 0 spiro atoms. The topological polar surface area (TPSA) is 58.3 Å². The monoisotopic (exact) mass is 262 g/mol. The zero-order chi connectivity index (χ0) is 12.0. The lowest BCUT2D eigenvalue weighted by Crippen LogP contribution is -2.37. The second-order valence-electron chi connectivity index (χ2n) is 3.65. The Morgan fingerprint density at radius 1 is 1.31 bits per heavy atom. The minimum atomic E-state index is -0.200. The molecule has 0 saturated carbocycles. The summed E-state index contributed by atoms with van der Waals surface area (Å²) >= 11 is 11.7. The first-order chi connectivity index (χ1) is 7.63. The highest BCUT2D eigenvalue weighted by molar-refractivity contribution is 6.42. The Bertz CT molecular complexity index is 334. The van der Waals surface area contributed by atoms with Gasteiger partial charge in [0.2, 0.25) is 0 Å². The van der Waals surface area contributed by atoms with Gasteiger partial charge in [0.25, 0.3) is 0 Å². The summed E-state index contributed by atoms with van der Waals surface area (Å²) in [6, 6.07) is 5.40. The van der Waals surface area contributed by atoms with Gasteiger partial charge in [0.1, 0.15) is 0 Å². The second-order valence-corrected chi connectivity index (χ2v) is 4.46. The summed E-state index contributed by atoms with van der Waals surface area (Å²) in [6.45, 7) is 1.41. The Hall–Kier alpha value is -0.320. The fourth-order valence-electron chi connectivity index (χ4n) is 1.28. The standard InChI is InChI=1S/C11H16Cl2N2O/c12-10-2-1-8(5-11(10)13)3-4-15-6-9(14)7-16/h1-2,5,9,15-16H,3-4,6-7,14H2. The van der Waals surface area contributed by atoms with Crippen molar-refractivity contribution in [3.8, 4) is 0 Å². The summed E-state index contributed by atoms with van der Waals surface area (Å²) in [5.74, 6) is 0. The van der Waals surface area contributed by atoms with E-state index in [1.165, 1.54) is 0 Å². The van der Waals surface area contributed by atoms with Crippen molar-refractivity contribution in [2.75, 3.05) is 19.7 Å². The Labute approximate surface area is 106 Å². The van der Waals surface area contributed by atoms with Crippen LogP contribution in [0.4, 0.5) is 0 Å². The van der Waals surface area contributed by atoms with Crippen LogP contribution in [0.2, 0.25) is 10.0 Å². The third-order valence-electron chi connectivity index (χ3n) is 2.22. The van der Waals surface area contributed by atoms with Gasteiger partial charge in [-0.2, -0.15) is 0 Å². The van der Waals surface area contributed by atoms with E-state index in [0.29, 0.717) is 16.6 Å². The van der Waals surface area contributed by atoms with Gasteiger partial charge < -0.3 is 16.2 Å². The van der Waals surface area contributed by atoms with Crippen LogP contribution in [0, 0.1) is 0 Å². The van der Waals surface area contributed by atoms with Gasteiger partial charge in [-0.25, -0.2) is 0 Å². The van der Waals surface area contributed by atoms with Crippen LogP contribution in [0.25, 0.3) is 0 Å². The number of aliphatic hydroxyl groups excluding tert-OH is 1. The molecule has 4 N–H and O–H groups in total. The molecular formula is C11H16Cl2N2O. The van der Waals surface area contributed by atoms with Gasteiger partial charge in [-0.15, -0.1) is 0 Å². The third kappa shape index (κ3) is 4.68. The molecular weight excluding hydrogens is 247 g/mol. The van der Waals surface area contributed by atoms with E-state index in [4.69, 9.17) is 34.0 Å². The lowest BCUT2D eigenvalue weighted by Gasteiger charge is -2.09. The molecule has 0 aliphatic carbocycles. The van der Waals surface area contributed by atoms with Gasteiger partial charge in [-0.1, -0.05) is 29.3 Å². The molecule has 1 rings (SSSR count). The summed E-state index contributed by atoms with van der Waals surface area (Å²) in [5, 5.41) is 13.0. The third-order valence-corrected chi connectivity index (χ3v) is 2.95. The molecule has 0 saturated heterocycles. The van der Waals surface area contributed by atoms with Crippen LogP contribution < -0.4 is 11.1 Å². The Balaban J connectivity index is 2.29. The van der Waals surface area contributed by atoms with E-state index in [2.05, 4.69) is 5.32 Å². The second kappa shape index (κ2) is 7.09. The van der Waals surface area contributed by atoms with Crippen LogP contribution >= 0.6 is 23.2 Å². The molecule has 0 heterocycles. The highest BCUT2D eigenvalue weighted by atomic mass is 35.5. The van der Waals surface area contributed by atoms with Crippen LogP contribution in [0.3, 0.4) is 0 Å². The van der Waals surface area contributed by atoms with Crippen molar-refractivity contribution >= 4 is 23.2 Å². The van der Waals surface area contributed by atoms with Gasteiger partial charge in [0, 0.05) is 12.6 Å². The lowest BCUT2D eigenvalue weighted by molar-refractivity contribution is 0.262. The molecule has 0 amide bonds. The fraction of sp³-hybridized carbons (Fsp3) is 0.455. The number of hydrogen-bond donors (Lipinski definition) is 3. The molecule has 16 heavy (non-hydrogen) atoms. The first-order valence-corrected chi connectivity index (χ1v) is 5.90. The van der Waals surface area contributed by atoms with E-state index in [9.17, 15) is 0 Å². The highest BCUT2D eigenvalue weighted by Crippen LogP contribution is 2.22. The number of nitrogens with one attached hydrogen (secondary N) is 1. The Morgan fingerprint density at radius 2 is 2.06 bits per heavy atom. The summed E-state index contributed by atoms with van der Waals surface area (Å²) in [5.41, 5.74) is 6.67. The maximum absolute atomic E-state index is 8.72. The Morgan fingerprint density at radius 3 is 2.69 bits per heavy atom. The molecule has 0 aliphatic heterocycles. The van der Waals surface area contributed by atoms with Gasteiger partial charge in [0.05, 0.1) is 16.7 Å². The quantitative estimate of drug-likeness (QED) is 0.681. The molecule has 0 radical (unpaired) electrons. The van der Waals surface area contributed by atoms with Crippen molar-refractivity contribution in [1.29, 1.82) is 0 Å². The minimum absolute atomic E-state index is 0.000225. The molecule has 1 unspecified atom stereocenters. The zero-order valence-corrected chi connectivity index (χ0v) is 10.4. The number of rotatable bonds is 6. The lowest BCUT2D eigenvalue weighted by atomic mass is 10.1. The minimum Gasteiger partial charge on any atom is -0.395 e. The first kappa shape index (κ1) is 13.7. The van der Waals surface area contributed by atoms with Crippen LogP contribution in [0.1, 0.15) is 5.56 Å². The van der Waals surface area contributed by atoms with Crippen molar-refractivity contribution < 1.29 is 5.11 Å². The van der Waals surface area contributed by atoms with Crippen molar-refractivity contribution in [3.63, 3.8) is 0 Å². The Kier molecular flexibility index (Phi) is 6.09. The molecule has 0 aliphatic rings. The van der Waals surface area contributed by atoms with E-state index < -0.39 is 0 Å². The molecule has 3 nitrogen and oxygen atoms in total. The molecule has 1 aromatic rings. The van der Waals surface area contributed by atoms with E-state index >= 15 is 0 Å². The van der Waals surface area contributed by atoms with Gasteiger partial charge in [0.15, 0.2) is 0 Å².